The summed E-state index contributed by atoms with van der Waals surface area (Å²) in [6.45, 7) is 0. The lowest BCUT2D eigenvalue weighted by atomic mass is 9.97. The largest absolute Gasteiger partial charge is 0.389 e. The second-order valence-corrected chi connectivity index (χ2v) is 14.2. The van der Waals surface area contributed by atoms with Gasteiger partial charge in [0.2, 0.25) is 0 Å². The number of ether oxygens (including phenoxy) is 1. The number of hydrogen-bond acceptors (Lipinski definition) is 9. The van der Waals surface area contributed by atoms with Crippen molar-refractivity contribution in [2.45, 2.75) is 48.8 Å². The Morgan fingerprint density at radius 2 is 1.02 bits per heavy atom. The molecule has 4 atom stereocenters. The van der Waals surface area contributed by atoms with E-state index in [1.807, 2.05) is 72.9 Å². The van der Waals surface area contributed by atoms with Gasteiger partial charge in [-0.05, 0) is 147 Å². The molecule has 8 aliphatic heterocycles. The quantitative estimate of drug-likeness (QED) is 0.279. The SMILES string of the molecule is O=C(OC(=O)C12C=CC(=N1)/C=c1/cc/c([nH]1)=C/C1=NC(=C\C3CC/C(=C/2)N3)/C=C1)C12C=CC(=N1)/C=c1/cc/c([nH]1)=C/C1=NC(=C\C3CC/C(=C/2)N3)/C=C1. The fraction of sp³-hybridized carbons (Fsp3) is 0.190. The molecular weight excluding hydrogens is 665 g/mol. The smallest absolute Gasteiger partial charge is 0.349 e. The van der Waals surface area contributed by atoms with E-state index in [2.05, 4.69) is 32.8 Å². The first-order chi connectivity index (χ1) is 25.8. The van der Waals surface area contributed by atoms with Crippen molar-refractivity contribution in [2.75, 3.05) is 0 Å². The lowest BCUT2D eigenvalue weighted by Crippen LogP contribution is -2.42. The number of nitrogens with one attached hydrogen (secondary N) is 4. The summed E-state index contributed by atoms with van der Waals surface area (Å²) in [4.78, 5) is 54.9. The zero-order valence-corrected chi connectivity index (χ0v) is 28.5. The molecule has 2 saturated heterocycles. The van der Waals surface area contributed by atoms with Crippen molar-refractivity contribution >= 4 is 59.1 Å². The number of aliphatic imine (C=N–C) groups is 4. The van der Waals surface area contributed by atoms with Gasteiger partial charge in [-0.25, -0.2) is 19.6 Å². The molecule has 0 spiro atoms. The minimum atomic E-state index is -1.57. The molecule has 4 N–H and O–H groups in total. The molecule has 260 valence electrons. The minimum absolute atomic E-state index is 0.0196. The highest BCUT2D eigenvalue weighted by Crippen LogP contribution is 2.33. The Bertz CT molecular complexity index is 2480. The second-order valence-electron chi connectivity index (χ2n) is 14.2. The van der Waals surface area contributed by atoms with E-state index in [-0.39, 0.29) is 12.1 Å². The van der Waals surface area contributed by atoms with Gasteiger partial charge in [0.25, 0.3) is 0 Å². The zero-order chi connectivity index (χ0) is 35.6. The van der Waals surface area contributed by atoms with Crippen molar-refractivity contribution in [3.05, 3.63) is 141 Å². The number of carbonyl (C=O) groups excluding carboxylic acids is 2. The number of esters is 2. The highest BCUT2D eigenvalue weighted by atomic mass is 16.6. The maximum absolute atomic E-state index is 14.4. The van der Waals surface area contributed by atoms with Crippen LogP contribution in [0.2, 0.25) is 0 Å². The molecule has 11 heteroatoms. The molecule has 53 heavy (non-hydrogen) atoms. The van der Waals surface area contributed by atoms with Gasteiger partial charge in [-0.1, -0.05) is 0 Å². The molecule has 10 rings (SSSR count). The van der Waals surface area contributed by atoms with Crippen molar-refractivity contribution in [1.82, 2.24) is 20.6 Å². The van der Waals surface area contributed by atoms with Crippen molar-refractivity contribution in [2.24, 2.45) is 20.0 Å². The Labute approximate surface area is 303 Å². The third-order valence-corrected chi connectivity index (χ3v) is 10.2. The maximum Gasteiger partial charge on any atom is 0.349 e. The predicted molar refractivity (Wildman–Crippen MR) is 205 cm³/mol. The van der Waals surface area contributed by atoms with Crippen molar-refractivity contribution in [3.63, 3.8) is 0 Å². The summed E-state index contributed by atoms with van der Waals surface area (Å²) in [5.41, 5.74) is 3.15. The van der Waals surface area contributed by atoms with Crippen LogP contribution in [-0.2, 0) is 14.3 Å². The van der Waals surface area contributed by atoms with E-state index in [0.29, 0.717) is 24.3 Å². The molecule has 0 saturated carbocycles. The van der Waals surface area contributed by atoms with Crippen LogP contribution in [0, 0.1) is 0 Å². The van der Waals surface area contributed by atoms with E-state index < -0.39 is 23.0 Å². The van der Waals surface area contributed by atoms with Gasteiger partial charge in [0.15, 0.2) is 11.1 Å². The molecule has 2 aromatic rings. The van der Waals surface area contributed by atoms with Gasteiger partial charge >= 0.3 is 11.9 Å². The highest BCUT2D eigenvalue weighted by Gasteiger charge is 2.46. The van der Waals surface area contributed by atoms with Crippen LogP contribution in [0.1, 0.15) is 25.7 Å². The molecule has 4 unspecified atom stereocenters. The normalized spacial score (nSPS) is 34.9. The third kappa shape index (κ3) is 5.99. The Hall–Kier alpha value is -6.62. The van der Waals surface area contributed by atoms with Crippen LogP contribution in [0.15, 0.2) is 140 Å². The Kier molecular flexibility index (Phi) is 7.04. The van der Waals surface area contributed by atoms with Gasteiger partial charge in [-0.15, -0.1) is 0 Å². The Balaban J connectivity index is 1.02. The number of H-pyrrole nitrogens is 2. The molecule has 0 aliphatic carbocycles. The molecule has 0 amide bonds. The highest BCUT2D eigenvalue weighted by molar-refractivity contribution is 6.23. The van der Waals surface area contributed by atoms with Gasteiger partial charge in [0.05, 0.1) is 34.2 Å². The summed E-state index contributed by atoms with van der Waals surface area (Å²) in [6.07, 6.45) is 33.4. The fourth-order valence-electron chi connectivity index (χ4n) is 7.69. The number of aromatic amines is 2. The molecule has 2 aromatic heterocycles. The number of nitrogens with zero attached hydrogens (tertiary/aromatic N) is 4. The molecule has 11 nitrogen and oxygen atoms in total. The lowest BCUT2D eigenvalue weighted by molar-refractivity contribution is -0.163. The first-order valence-electron chi connectivity index (χ1n) is 17.9. The molecule has 10 heterocycles. The van der Waals surface area contributed by atoms with Gasteiger partial charge in [0.1, 0.15) is 0 Å². The summed E-state index contributed by atoms with van der Waals surface area (Å²) in [6, 6.07) is 7.87. The number of carbonyl (C=O) groups is 2. The molecular formula is C42H34N8O3. The number of rotatable bonds is 2. The monoisotopic (exact) mass is 698 g/mol. The summed E-state index contributed by atoms with van der Waals surface area (Å²) < 4.78 is 5.86. The van der Waals surface area contributed by atoms with Gasteiger partial charge < -0.3 is 25.3 Å². The maximum atomic E-state index is 14.4. The number of hydrogen-bond donors (Lipinski definition) is 4. The molecule has 2 fully saturated rings. The van der Waals surface area contributed by atoms with Crippen LogP contribution in [0.25, 0.3) is 24.3 Å². The molecule has 0 aromatic carbocycles. The van der Waals surface area contributed by atoms with Crippen LogP contribution in [-0.4, -0.2) is 67.9 Å². The number of aromatic nitrogens is 2. The molecule has 0 radical (unpaired) electrons. The Morgan fingerprint density at radius 3 is 1.47 bits per heavy atom. The molecule has 8 aliphatic rings. The molecule has 16 bridgehead atoms. The summed E-state index contributed by atoms with van der Waals surface area (Å²) in [5, 5.41) is 10.5. The van der Waals surface area contributed by atoms with Gasteiger partial charge in [0, 0.05) is 44.9 Å². The van der Waals surface area contributed by atoms with Crippen LogP contribution in [0.5, 0.6) is 0 Å². The van der Waals surface area contributed by atoms with E-state index >= 15 is 0 Å². The van der Waals surface area contributed by atoms with Crippen molar-refractivity contribution < 1.29 is 14.3 Å². The number of allylic oxidation sites excluding steroid dienone is 8. The van der Waals surface area contributed by atoms with Crippen LogP contribution in [0.4, 0.5) is 0 Å². The van der Waals surface area contributed by atoms with Crippen molar-refractivity contribution in [1.29, 1.82) is 0 Å². The van der Waals surface area contributed by atoms with E-state index in [1.54, 1.807) is 36.5 Å². The lowest BCUT2D eigenvalue weighted by Gasteiger charge is -2.23. The first-order valence-corrected chi connectivity index (χ1v) is 17.9. The van der Waals surface area contributed by atoms with E-state index in [4.69, 9.17) is 24.7 Å². The standard InChI is InChI=1S/C42H34N8O3/c51-39(41-15-13-35(49-41)21-33-7-5-27(45-33)17-25-1-3-29(43-25)19-31-9-11-37(23-41)47-31)53-40(52)42-16-14-36(50-42)22-34-8-6-28(46-34)18-26-2-4-30(44-26)20-32-10-12-38(24-42)48-32/h1-8,13-24,31-32,45-48H,9-12H2/b27-17-,28-18-,29-19-,30-20-,33-21-,34-22-,37-23-,38-24-. The minimum Gasteiger partial charge on any atom is -0.389 e. The summed E-state index contributed by atoms with van der Waals surface area (Å²) >= 11 is 0. The van der Waals surface area contributed by atoms with E-state index in [9.17, 15) is 9.59 Å². The summed E-state index contributed by atoms with van der Waals surface area (Å²) in [7, 11) is 0. The van der Waals surface area contributed by atoms with Crippen molar-refractivity contribution in [3.8, 4) is 0 Å². The topological polar surface area (TPSA) is 148 Å². The average Bonchev–Trinajstić information content (AvgIpc) is 3.98. The predicted octanol–water partition coefficient (Wildman–Crippen LogP) is 1.82. The third-order valence-electron chi connectivity index (χ3n) is 10.2. The second kappa shape index (κ2) is 12.0. The van der Waals surface area contributed by atoms with Crippen LogP contribution in [0.3, 0.4) is 0 Å². The number of fused-ring (bicyclic) bond motifs is 12. The zero-order valence-electron chi connectivity index (χ0n) is 28.5. The first kappa shape index (κ1) is 31.1. The van der Waals surface area contributed by atoms with Crippen LogP contribution < -0.4 is 32.0 Å². The van der Waals surface area contributed by atoms with E-state index in [0.717, 1.165) is 68.4 Å². The van der Waals surface area contributed by atoms with Gasteiger partial charge in [-0.3, -0.25) is 9.98 Å². The average molecular weight is 699 g/mol. The van der Waals surface area contributed by atoms with E-state index in [1.165, 1.54) is 0 Å². The Morgan fingerprint density at radius 1 is 0.585 bits per heavy atom. The fourth-order valence-corrected chi connectivity index (χ4v) is 7.69. The van der Waals surface area contributed by atoms with Crippen LogP contribution >= 0.6 is 0 Å². The summed E-state index contributed by atoms with van der Waals surface area (Å²) in [5.74, 6) is -1.61. The van der Waals surface area contributed by atoms with Gasteiger partial charge in [-0.2, -0.15) is 0 Å².